The molecule has 4 aromatic heterocycles. The smallest absolute Gasteiger partial charge is 0.193 e. The lowest BCUT2D eigenvalue weighted by Crippen LogP contribution is -2.28. The van der Waals surface area contributed by atoms with Crippen LogP contribution in [0.25, 0.3) is 81.0 Å². The maximum Gasteiger partial charge on any atom is 0.193 e. The molecule has 0 aliphatic heterocycles. The van der Waals surface area contributed by atoms with Gasteiger partial charge in [-0.25, -0.2) is 4.85 Å². The number of hydrogen-bond donors (Lipinski definition) is 0. The number of nitriles is 1. The standard InChI is InChI=1S/C68H46N4/c1-67(2,3)34-25-46-44-30-52-45(29-51(44)71-53-24-33(32-69)55-56-36-16-8-12-20-40(36)58(41-21-13-9-17-37(41)56)63(55)60(53)48(27-34)65(46)71)47-26-35(68(4,5)6)28-49-61-54(72(52)66(47)49)31-50(70-7)62-57-38-18-10-14-22-42(38)59(64(61)62)43-23-15-11-19-39(43)57/h8-31,56-59H,1-6H3/i29D,30D. The molecule has 0 atom stereocenters. The van der Waals surface area contributed by atoms with Crippen molar-refractivity contribution in [1.82, 2.24) is 8.80 Å². The molecule has 0 spiro atoms. The molecule has 0 fully saturated rings. The van der Waals surface area contributed by atoms with Crippen LogP contribution in [0.4, 0.5) is 5.69 Å². The fourth-order valence-corrected chi connectivity index (χ4v) is 15.1. The number of hydrogen-bond acceptors (Lipinski definition) is 1. The number of rotatable bonds is 0. The molecule has 4 heterocycles. The second-order valence-corrected chi connectivity index (χ2v) is 23.4. The molecule has 6 aliphatic rings. The SMILES string of the molecule is [2H]c1c2c3cc(C(C)(C)C)cc4c5c6c(c(C#N)cc5n(c2c([2H])c2c5cc(C(C)(C)C)cc7c8c9c(c([N+]#[C-])cc8n(c12)c75)C1c2ccccc2C9c2ccccc21)c43)C1c2ccccc2C6c2ccccc21. The summed E-state index contributed by atoms with van der Waals surface area (Å²) in [5, 5.41) is 19.2. The minimum absolute atomic E-state index is 0.0673. The third kappa shape index (κ3) is 4.36. The molecule has 4 bridgehead atoms. The normalized spacial score (nSPS) is 18.8. The lowest BCUT2D eigenvalue weighted by molar-refractivity contribution is 0.591. The van der Waals surface area contributed by atoms with Crippen molar-refractivity contribution < 1.29 is 2.74 Å². The highest BCUT2D eigenvalue weighted by molar-refractivity contribution is 6.30. The summed E-state index contributed by atoms with van der Waals surface area (Å²) >= 11 is 0. The Kier molecular flexibility index (Phi) is 6.51. The molecule has 4 nitrogen and oxygen atoms in total. The molecule has 6 aliphatic carbocycles. The summed E-state index contributed by atoms with van der Waals surface area (Å²) in [5.41, 5.74) is 23.2. The zero-order chi connectivity index (χ0) is 49.9. The molecular formula is C68H46N4. The predicted octanol–water partition coefficient (Wildman–Crippen LogP) is 17.0. The average molecular weight is 921 g/mol. The van der Waals surface area contributed by atoms with Gasteiger partial charge >= 0.3 is 0 Å². The van der Waals surface area contributed by atoms with Crippen LogP contribution in [-0.4, -0.2) is 8.80 Å². The van der Waals surface area contributed by atoms with E-state index in [1.807, 2.05) is 0 Å². The highest BCUT2D eigenvalue weighted by Gasteiger charge is 2.46. The fourth-order valence-electron chi connectivity index (χ4n) is 15.1. The quantitative estimate of drug-likeness (QED) is 0.140. The number of benzene rings is 9. The first-order valence-electron chi connectivity index (χ1n) is 26.5. The molecule has 0 N–H and O–H groups in total. The van der Waals surface area contributed by atoms with Gasteiger partial charge in [0.2, 0.25) is 0 Å². The van der Waals surface area contributed by atoms with Crippen LogP contribution in [0, 0.1) is 17.9 Å². The molecular weight excluding hydrogens is 873 g/mol. The second-order valence-electron chi connectivity index (χ2n) is 23.4. The van der Waals surface area contributed by atoms with Crippen LogP contribution in [0.3, 0.4) is 0 Å². The van der Waals surface area contributed by atoms with Crippen LogP contribution in [0.2, 0.25) is 0 Å². The summed E-state index contributed by atoms with van der Waals surface area (Å²) in [4.78, 5) is 4.39. The van der Waals surface area contributed by atoms with Crippen molar-refractivity contribution in [2.75, 3.05) is 0 Å². The van der Waals surface area contributed by atoms with Crippen molar-refractivity contribution in [3.05, 3.63) is 240 Å². The summed E-state index contributed by atoms with van der Waals surface area (Å²) in [6, 6.07) is 52.4. The summed E-state index contributed by atoms with van der Waals surface area (Å²) in [7, 11) is 0. The third-order valence-electron chi connectivity index (χ3n) is 18.0. The van der Waals surface area contributed by atoms with Gasteiger partial charge in [-0.3, -0.25) is 0 Å². The van der Waals surface area contributed by atoms with E-state index in [1.54, 1.807) is 0 Å². The Labute approximate surface area is 419 Å². The van der Waals surface area contributed by atoms with E-state index in [9.17, 15) is 8.00 Å². The minimum Gasteiger partial charge on any atom is -0.309 e. The minimum atomic E-state index is -0.246. The summed E-state index contributed by atoms with van der Waals surface area (Å²) in [5.74, 6) is -0.289. The van der Waals surface area contributed by atoms with Crippen molar-refractivity contribution in [2.45, 2.75) is 76.0 Å². The highest BCUT2D eigenvalue weighted by atomic mass is 14.9. The van der Waals surface area contributed by atoms with Gasteiger partial charge in [0, 0.05) is 72.3 Å². The number of aromatic nitrogens is 2. The average Bonchev–Trinajstić information content (AvgIpc) is 4.19. The maximum absolute atomic E-state index is 11.3. The Morgan fingerprint density at radius 3 is 1.18 bits per heavy atom. The molecule has 9 aromatic carbocycles. The first-order chi connectivity index (χ1) is 35.8. The monoisotopic (exact) mass is 920 g/mol. The van der Waals surface area contributed by atoms with Gasteiger partial charge in [-0.1, -0.05) is 139 Å². The zero-order valence-corrected chi connectivity index (χ0v) is 40.8. The van der Waals surface area contributed by atoms with E-state index in [-0.39, 0.29) is 34.5 Å². The van der Waals surface area contributed by atoms with E-state index in [0.29, 0.717) is 34.4 Å². The lowest BCUT2D eigenvalue weighted by atomic mass is 9.59. The van der Waals surface area contributed by atoms with Gasteiger partial charge < -0.3 is 8.80 Å². The molecule has 0 radical (unpaired) electrons. The summed E-state index contributed by atoms with van der Waals surface area (Å²) < 4.78 is 26.2. The van der Waals surface area contributed by atoms with E-state index in [2.05, 4.69) is 195 Å². The van der Waals surface area contributed by atoms with E-state index >= 15 is 0 Å². The number of nitrogens with zero attached hydrogens (tertiary/aromatic N) is 4. The first kappa shape index (κ1) is 37.4. The molecule has 338 valence electrons. The molecule has 4 heteroatoms. The van der Waals surface area contributed by atoms with Crippen molar-refractivity contribution >= 4 is 81.9 Å². The van der Waals surface area contributed by atoms with Gasteiger partial charge in [0.05, 0.1) is 48.5 Å². The van der Waals surface area contributed by atoms with E-state index < -0.39 is 0 Å². The maximum atomic E-state index is 11.3. The van der Waals surface area contributed by atoms with Gasteiger partial charge in [0.15, 0.2) is 5.69 Å². The van der Waals surface area contributed by atoms with Crippen molar-refractivity contribution in [2.24, 2.45) is 0 Å². The molecule has 72 heavy (non-hydrogen) atoms. The Bertz CT molecular complexity index is 4530. The van der Waals surface area contributed by atoms with Gasteiger partial charge in [0.25, 0.3) is 0 Å². The summed E-state index contributed by atoms with van der Waals surface area (Å²) in [6.45, 7) is 22.5. The van der Waals surface area contributed by atoms with Crippen LogP contribution < -0.4 is 0 Å². The van der Waals surface area contributed by atoms with Crippen molar-refractivity contribution in [1.29, 1.82) is 5.26 Å². The Morgan fingerprint density at radius 1 is 0.458 bits per heavy atom. The lowest BCUT2D eigenvalue weighted by Gasteiger charge is -2.43. The van der Waals surface area contributed by atoms with E-state index in [0.717, 1.165) is 87.4 Å². The first-order valence-corrected chi connectivity index (χ1v) is 25.5. The predicted molar refractivity (Wildman–Crippen MR) is 294 cm³/mol. The number of fused-ring (bicyclic) bond motifs is 12. The largest absolute Gasteiger partial charge is 0.309 e. The second kappa shape index (κ2) is 12.5. The highest BCUT2D eigenvalue weighted by Crippen LogP contribution is 2.63. The molecule has 0 unspecified atom stereocenters. The molecule has 19 rings (SSSR count). The molecule has 0 saturated carbocycles. The molecule has 0 saturated heterocycles. The van der Waals surface area contributed by atoms with Gasteiger partial charge in [0.1, 0.15) is 0 Å². The molecule has 13 aromatic rings. The fraction of sp³-hybridized carbons (Fsp3) is 0.176. The van der Waals surface area contributed by atoms with Crippen LogP contribution in [0.5, 0.6) is 0 Å². The van der Waals surface area contributed by atoms with Crippen LogP contribution in [0.1, 0.15) is 151 Å². The van der Waals surface area contributed by atoms with Crippen molar-refractivity contribution in [3.8, 4) is 6.07 Å². The zero-order valence-electron chi connectivity index (χ0n) is 42.8. The summed E-state index contributed by atoms with van der Waals surface area (Å²) in [6.07, 6.45) is 0. The topological polar surface area (TPSA) is 37.0 Å². The third-order valence-corrected chi connectivity index (χ3v) is 18.0. The van der Waals surface area contributed by atoms with Gasteiger partial charge in [-0.05, 0) is 137 Å². The van der Waals surface area contributed by atoms with E-state index in [4.69, 9.17) is 6.57 Å². The van der Waals surface area contributed by atoms with Crippen LogP contribution >= 0.6 is 0 Å². The van der Waals surface area contributed by atoms with Crippen LogP contribution in [-0.2, 0) is 10.8 Å². The van der Waals surface area contributed by atoms with Crippen molar-refractivity contribution in [3.63, 3.8) is 0 Å². The Hall–Kier alpha value is -8.44. The van der Waals surface area contributed by atoms with Gasteiger partial charge in [-0.15, -0.1) is 0 Å². The van der Waals surface area contributed by atoms with E-state index in [1.165, 1.54) is 55.6 Å². The Balaban J connectivity index is 1.07. The van der Waals surface area contributed by atoms with Crippen LogP contribution in [0.15, 0.2) is 146 Å². The van der Waals surface area contributed by atoms with Gasteiger partial charge in [-0.2, -0.15) is 5.26 Å². The Morgan fingerprint density at radius 2 is 0.806 bits per heavy atom. The molecule has 0 amide bonds.